The molecule has 0 aromatic heterocycles. The van der Waals surface area contributed by atoms with Crippen LogP contribution in [-0.2, 0) is 9.22 Å². The van der Waals surface area contributed by atoms with Gasteiger partial charge in [-0.05, 0) is 92.3 Å². The number of hydrogen-bond donors (Lipinski definition) is 1. The minimum absolute atomic E-state index is 0.277. The second-order valence-electron chi connectivity index (χ2n) is 13.0. The number of fused-ring (bicyclic) bond motifs is 5. The largest absolute Gasteiger partial charge is 0.413 e. The van der Waals surface area contributed by atoms with Gasteiger partial charge in [0.2, 0.25) is 0 Å². The molecule has 0 radical (unpaired) electrons. The highest BCUT2D eigenvalue weighted by atomic mass is 28.4. The van der Waals surface area contributed by atoms with Crippen molar-refractivity contribution in [3.63, 3.8) is 0 Å². The second kappa shape index (κ2) is 6.77. The van der Waals surface area contributed by atoms with Crippen molar-refractivity contribution in [3.05, 3.63) is 11.6 Å². The molecule has 1 saturated heterocycles. The average Bonchev–Trinajstić information content (AvgIpc) is 3.45. The highest BCUT2D eigenvalue weighted by molar-refractivity contribution is 6.74. The van der Waals surface area contributed by atoms with E-state index in [-0.39, 0.29) is 10.5 Å². The summed E-state index contributed by atoms with van der Waals surface area (Å²) in [5, 5.41) is 3.97. The van der Waals surface area contributed by atoms with Crippen LogP contribution in [0.4, 0.5) is 0 Å². The van der Waals surface area contributed by atoms with E-state index < -0.39 is 8.32 Å². The molecule has 0 aromatic carbocycles. The zero-order valence-corrected chi connectivity index (χ0v) is 21.1. The zero-order valence-electron chi connectivity index (χ0n) is 20.1. The number of carbonyl (C=O) groups is 1. The third kappa shape index (κ3) is 2.99. The fraction of sp³-hybridized carbons (Fsp3) is 0.885. The number of nitrogens with one attached hydrogen (secondary N) is 1. The minimum Gasteiger partial charge on any atom is -0.413 e. The fourth-order valence-corrected chi connectivity index (χ4v) is 9.48. The van der Waals surface area contributed by atoms with Gasteiger partial charge in [-0.3, -0.25) is 4.79 Å². The van der Waals surface area contributed by atoms with Crippen LogP contribution in [0.25, 0.3) is 0 Å². The molecule has 5 rings (SSSR count). The van der Waals surface area contributed by atoms with Crippen molar-refractivity contribution in [1.29, 1.82) is 0 Å². The third-order valence-electron chi connectivity index (χ3n) is 10.8. The van der Waals surface area contributed by atoms with Gasteiger partial charge in [0, 0.05) is 24.4 Å². The Kier molecular flexibility index (Phi) is 4.83. The predicted octanol–water partition coefficient (Wildman–Crippen LogP) is 5.86. The Balaban J connectivity index is 1.43. The maximum Gasteiger partial charge on any atom is 0.192 e. The SMILES string of the molecule is CC(C)(C)[Si](C)(C)O[C@H]1CC[C@H]2[C@@H]3CCC4=CC(=O)CC[C@]4([C@H]4CN4)[C@H]3CC[C@]12C. The van der Waals surface area contributed by atoms with Gasteiger partial charge in [-0.2, -0.15) is 0 Å². The fourth-order valence-electron chi connectivity index (χ4n) is 8.03. The quantitative estimate of drug-likeness (QED) is 0.451. The normalized spacial score (nSPS) is 46.0. The number of rotatable bonds is 3. The molecule has 1 aliphatic heterocycles. The van der Waals surface area contributed by atoms with Crippen LogP contribution in [0.1, 0.15) is 79.1 Å². The first-order valence-electron chi connectivity index (χ1n) is 12.6. The molecule has 4 heteroatoms. The summed E-state index contributed by atoms with van der Waals surface area (Å²) < 4.78 is 7.09. The molecule has 3 saturated carbocycles. The van der Waals surface area contributed by atoms with Gasteiger partial charge < -0.3 is 9.74 Å². The second-order valence-corrected chi connectivity index (χ2v) is 17.8. The Morgan fingerprint density at radius 2 is 1.80 bits per heavy atom. The molecular weight excluding hydrogens is 386 g/mol. The lowest BCUT2D eigenvalue weighted by Gasteiger charge is -2.59. The first-order valence-corrected chi connectivity index (χ1v) is 15.5. The van der Waals surface area contributed by atoms with E-state index in [0.29, 0.717) is 23.3 Å². The molecule has 30 heavy (non-hydrogen) atoms. The van der Waals surface area contributed by atoms with Gasteiger partial charge in [-0.1, -0.05) is 33.3 Å². The van der Waals surface area contributed by atoms with Crippen LogP contribution in [0.5, 0.6) is 0 Å². The lowest BCUT2D eigenvalue weighted by molar-refractivity contribution is -0.118. The van der Waals surface area contributed by atoms with Gasteiger partial charge in [0.1, 0.15) is 0 Å². The van der Waals surface area contributed by atoms with E-state index in [0.717, 1.165) is 43.6 Å². The zero-order chi connectivity index (χ0) is 21.5. The predicted molar refractivity (Wildman–Crippen MR) is 125 cm³/mol. The third-order valence-corrected chi connectivity index (χ3v) is 15.2. The topological polar surface area (TPSA) is 48.2 Å². The van der Waals surface area contributed by atoms with Crippen LogP contribution in [0.2, 0.25) is 18.1 Å². The Morgan fingerprint density at radius 3 is 2.47 bits per heavy atom. The standard InChI is InChI=1S/C26H43NO2Si/c1-24(2,3)30(5,6)29-23-10-9-20-19-8-7-17-15-18(28)11-14-26(17,22-16-27-22)21(19)12-13-25(20,23)4/h15,19-23,27H,7-14,16H2,1-6H3/t19-,20-,21-,22+,23-,25-,26+/m0/s1. The summed E-state index contributed by atoms with van der Waals surface area (Å²) in [6.07, 6.45) is 12.1. The monoisotopic (exact) mass is 429 g/mol. The molecule has 7 atom stereocenters. The van der Waals surface area contributed by atoms with E-state index in [1.165, 1.54) is 37.7 Å². The molecule has 1 N–H and O–H groups in total. The smallest absolute Gasteiger partial charge is 0.192 e. The molecule has 0 amide bonds. The molecule has 168 valence electrons. The summed E-state index contributed by atoms with van der Waals surface area (Å²) >= 11 is 0. The van der Waals surface area contributed by atoms with E-state index in [1.807, 2.05) is 0 Å². The van der Waals surface area contributed by atoms with E-state index >= 15 is 0 Å². The van der Waals surface area contributed by atoms with Crippen LogP contribution < -0.4 is 5.32 Å². The summed E-state index contributed by atoms with van der Waals surface area (Å²) in [6.45, 7) is 15.7. The van der Waals surface area contributed by atoms with E-state index in [1.54, 1.807) is 0 Å². The maximum atomic E-state index is 12.2. The number of ketones is 1. The molecule has 1 heterocycles. The molecule has 4 fully saturated rings. The van der Waals surface area contributed by atoms with Gasteiger partial charge in [0.25, 0.3) is 0 Å². The van der Waals surface area contributed by atoms with Gasteiger partial charge in [0.15, 0.2) is 14.1 Å². The Bertz CT molecular complexity index is 763. The van der Waals surface area contributed by atoms with Crippen molar-refractivity contribution in [2.24, 2.45) is 28.6 Å². The van der Waals surface area contributed by atoms with Gasteiger partial charge in [0.05, 0.1) is 6.10 Å². The van der Waals surface area contributed by atoms with Crippen molar-refractivity contribution in [2.75, 3.05) is 6.54 Å². The van der Waals surface area contributed by atoms with Crippen molar-refractivity contribution in [2.45, 2.75) is 109 Å². The molecule has 0 spiro atoms. The van der Waals surface area contributed by atoms with E-state index in [2.05, 4.69) is 52.2 Å². The lowest BCUT2D eigenvalue weighted by Crippen LogP contribution is -2.56. The van der Waals surface area contributed by atoms with Crippen LogP contribution >= 0.6 is 0 Å². The first kappa shape index (κ1) is 21.4. The highest BCUT2D eigenvalue weighted by Crippen LogP contribution is 2.67. The van der Waals surface area contributed by atoms with Crippen LogP contribution in [0.15, 0.2) is 11.6 Å². The Morgan fingerprint density at radius 1 is 1.07 bits per heavy atom. The highest BCUT2D eigenvalue weighted by Gasteiger charge is 2.64. The molecular formula is C26H43NO2Si. The summed E-state index contributed by atoms with van der Waals surface area (Å²) in [5.41, 5.74) is 2.16. The lowest BCUT2D eigenvalue weighted by atomic mass is 9.46. The maximum absolute atomic E-state index is 12.2. The van der Waals surface area contributed by atoms with Crippen molar-refractivity contribution in [3.8, 4) is 0 Å². The number of hydrogen-bond acceptors (Lipinski definition) is 3. The van der Waals surface area contributed by atoms with Gasteiger partial charge >= 0.3 is 0 Å². The minimum atomic E-state index is -1.75. The van der Waals surface area contributed by atoms with E-state index in [9.17, 15) is 4.79 Å². The van der Waals surface area contributed by atoms with Gasteiger partial charge in [-0.25, -0.2) is 0 Å². The summed E-state index contributed by atoms with van der Waals surface area (Å²) in [5.74, 6) is 2.78. The first-order chi connectivity index (χ1) is 14.0. The molecule has 4 aliphatic carbocycles. The molecule has 0 bridgehead atoms. The van der Waals surface area contributed by atoms with Crippen LogP contribution in [-0.4, -0.2) is 32.8 Å². The van der Waals surface area contributed by atoms with Crippen molar-refractivity contribution >= 4 is 14.1 Å². The molecule has 5 aliphatic rings. The van der Waals surface area contributed by atoms with Gasteiger partial charge in [-0.15, -0.1) is 0 Å². The molecule has 0 aromatic rings. The Labute approximate surface area is 184 Å². The number of carbonyl (C=O) groups excluding carboxylic acids is 1. The van der Waals surface area contributed by atoms with Crippen LogP contribution in [0.3, 0.4) is 0 Å². The summed E-state index contributed by atoms with van der Waals surface area (Å²) in [6, 6.07) is 0.634. The average molecular weight is 430 g/mol. The van der Waals surface area contributed by atoms with Crippen molar-refractivity contribution in [1.82, 2.24) is 5.32 Å². The summed E-state index contributed by atoms with van der Waals surface area (Å²) in [4.78, 5) is 12.2. The van der Waals surface area contributed by atoms with Crippen molar-refractivity contribution < 1.29 is 9.22 Å². The van der Waals surface area contributed by atoms with Crippen LogP contribution in [0, 0.1) is 28.6 Å². The molecule has 0 unspecified atom stereocenters. The Hall–Kier alpha value is -0.453. The molecule has 3 nitrogen and oxygen atoms in total. The summed E-state index contributed by atoms with van der Waals surface area (Å²) in [7, 11) is -1.75. The van der Waals surface area contributed by atoms with E-state index in [4.69, 9.17) is 4.43 Å².